The summed E-state index contributed by atoms with van der Waals surface area (Å²) in [4.78, 5) is 24.6. The van der Waals surface area contributed by atoms with Crippen molar-refractivity contribution in [2.75, 3.05) is 24.7 Å². The van der Waals surface area contributed by atoms with Crippen LogP contribution in [0, 0.1) is 18.8 Å². The van der Waals surface area contributed by atoms with Crippen LogP contribution in [0.2, 0.25) is 0 Å². The lowest BCUT2D eigenvalue weighted by Gasteiger charge is -2.25. The van der Waals surface area contributed by atoms with E-state index >= 15 is 0 Å². The van der Waals surface area contributed by atoms with Crippen LogP contribution in [-0.4, -0.2) is 31.6 Å². The number of hydrogen-bond donors (Lipinski definition) is 1. The third-order valence-corrected chi connectivity index (χ3v) is 2.74. The van der Waals surface area contributed by atoms with Crippen molar-refractivity contribution >= 4 is 17.5 Å². The van der Waals surface area contributed by atoms with Gasteiger partial charge in [-0.2, -0.15) is 0 Å². The highest BCUT2D eigenvalue weighted by Crippen LogP contribution is 2.21. The molecule has 2 amide bonds. The van der Waals surface area contributed by atoms with Crippen LogP contribution >= 0.6 is 0 Å². The molecule has 19 heavy (non-hydrogen) atoms. The number of amides is 2. The number of imide groups is 1. The summed E-state index contributed by atoms with van der Waals surface area (Å²) in [6, 6.07) is 5.25. The van der Waals surface area contributed by atoms with E-state index in [4.69, 9.17) is 10.5 Å². The molecule has 1 heterocycles. The lowest BCUT2D eigenvalue weighted by Crippen LogP contribution is -2.46. The summed E-state index contributed by atoms with van der Waals surface area (Å²) in [6.45, 7) is 2.03. The number of ether oxygens (including phenoxy) is 1. The predicted molar refractivity (Wildman–Crippen MR) is 70.4 cm³/mol. The Morgan fingerprint density at radius 3 is 2.58 bits per heavy atom. The molecule has 1 fully saturated rings. The van der Waals surface area contributed by atoms with Gasteiger partial charge in [-0.05, 0) is 30.7 Å². The number of benzene rings is 1. The van der Waals surface area contributed by atoms with Crippen molar-refractivity contribution < 1.29 is 14.3 Å². The molecule has 5 heteroatoms. The second-order valence-corrected chi connectivity index (χ2v) is 4.12. The van der Waals surface area contributed by atoms with E-state index in [1.54, 1.807) is 18.2 Å². The number of anilines is 1. The fourth-order valence-corrected chi connectivity index (χ4v) is 1.86. The first-order valence-corrected chi connectivity index (χ1v) is 5.86. The first kappa shape index (κ1) is 13.3. The van der Waals surface area contributed by atoms with Gasteiger partial charge in [0.1, 0.15) is 13.2 Å². The molecule has 0 bridgehead atoms. The van der Waals surface area contributed by atoms with Crippen molar-refractivity contribution in [3.8, 4) is 11.8 Å². The van der Waals surface area contributed by atoms with Crippen LogP contribution in [-0.2, 0) is 14.3 Å². The molecule has 98 valence electrons. The summed E-state index contributed by atoms with van der Waals surface area (Å²) < 4.78 is 4.88. The maximum atomic E-state index is 11.7. The van der Waals surface area contributed by atoms with Crippen molar-refractivity contribution in [1.82, 2.24) is 0 Å². The van der Waals surface area contributed by atoms with Gasteiger partial charge in [0.25, 0.3) is 11.8 Å². The highest BCUT2D eigenvalue weighted by Gasteiger charge is 2.28. The molecule has 1 aromatic carbocycles. The van der Waals surface area contributed by atoms with Crippen molar-refractivity contribution in [3.63, 3.8) is 0 Å². The largest absolute Gasteiger partial charge is 0.362 e. The van der Waals surface area contributed by atoms with Gasteiger partial charge in [-0.1, -0.05) is 11.8 Å². The molecule has 0 atom stereocenters. The van der Waals surface area contributed by atoms with Crippen LogP contribution in [0.15, 0.2) is 18.2 Å². The molecule has 5 nitrogen and oxygen atoms in total. The Morgan fingerprint density at radius 2 is 2.00 bits per heavy atom. The highest BCUT2D eigenvalue weighted by molar-refractivity contribution is 6.17. The van der Waals surface area contributed by atoms with Gasteiger partial charge in [-0.3, -0.25) is 9.59 Å². The summed E-state index contributed by atoms with van der Waals surface area (Å²) >= 11 is 0. The van der Waals surface area contributed by atoms with Gasteiger partial charge in [0, 0.05) is 5.56 Å². The molecule has 0 radical (unpaired) electrons. The first-order chi connectivity index (χ1) is 9.13. The van der Waals surface area contributed by atoms with Gasteiger partial charge in [-0.15, -0.1) is 0 Å². The van der Waals surface area contributed by atoms with Gasteiger partial charge in [-0.25, -0.2) is 4.90 Å². The topological polar surface area (TPSA) is 72.6 Å². The van der Waals surface area contributed by atoms with E-state index in [-0.39, 0.29) is 25.0 Å². The molecule has 0 saturated carbocycles. The predicted octanol–water partition coefficient (Wildman–Crippen LogP) is 0.195. The number of hydrogen-bond acceptors (Lipinski definition) is 4. The zero-order chi connectivity index (χ0) is 13.8. The Balaban J connectivity index is 2.33. The van der Waals surface area contributed by atoms with Crippen LogP contribution in [0.3, 0.4) is 0 Å². The van der Waals surface area contributed by atoms with Gasteiger partial charge >= 0.3 is 0 Å². The number of carbonyl (C=O) groups is 2. The standard InChI is InChI=1S/C14H14N2O3/c1-10-7-12(5-4-11(10)3-2-6-15)16-13(17)8-19-9-14(16)18/h4-5,7H,6,8-9,15H2,1H3. The molecule has 0 spiro atoms. The number of rotatable bonds is 1. The number of aryl methyl sites for hydroxylation is 1. The lowest BCUT2D eigenvalue weighted by atomic mass is 10.1. The van der Waals surface area contributed by atoms with Crippen LogP contribution in [0.1, 0.15) is 11.1 Å². The molecule has 0 unspecified atom stereocenters. The van der Waals surface area contributed by atoms with Crippen LogP contribution in [0.4, 0.5) is 5.69 Å². The molecule has 0 aromatic heterocycles. The molecule has 1 aliphatic rings. The Bertz CT molecular complexity index is 568. The Kier molecular flexibility index (Phi) is 3.95. The molecule has 1 aromatic rings. The highest BCUT2D eigenvalue weighted by atomic mass is 16.5. The zero-order valence-electron chi connectivity index (χ0n) is 10.6. The minimum Gasteiger partial charge on any atom is -0.362 e. The summed E-state index contributed by atoms with van der Waals surface area (Å²) in [6.07, 6.45) is 0. The average molecular weight is 258 g/mol. The van der Waals surface area contributed by atoms with E-state index in [0.29, 0.717) is 12.2 Å². The first-order valence-electron chi connectivity index (χ1n) is 5.86. The average Bonchev–Trinajstić information content (AvgIpc) is 2.37. The second-order valence-electron chi connectivity index (χ2n) is 4.12. The molecule has 0 aliphatic carbocycles. The molecule has 1 saturated heterocycles. The van der Waals surface area contributed by atoms with E-state index < -0.39 is 0 Å². The maximum Gasteiger partial charge on any atom is 0.259 e. The second kappa shape index (κ2) is 5.65. The molecule has 2 N–H and O–H groups in total. The monoisotopic (exact) mass is 258 g/mol. The minimum absolute atomic E-state index is 0.0699. The Labute approximate surface area is 111 Å². The summed E-state index contributed by atoms with van der Waals surface area (Å²) in [5.74, 6) is 5.01. The third kappa shape index (κ3) is 2.81. The van der Waals surface area contributed by atoms with Crippen LogP contribution in [0.5, 0.6) is 0 Å². The smallest absolute Gasteiger partial charge is 0.259 e. The van der Waals surface area contributed by atoms with Crippen LogP contribution < -0.4 is 10.6 Å². The SMILES string of the molecule is Cc1cc(N2C(=O)COCC2=O)ccc1C#CCN. The zero-order valence-corrected chi connectivity index (χ0v) is 10.6. The van der Waals surface area contributed by atoms with Gasteiger partial charge in [0.15, 0.2) is 0 Å². The van der Waals surface area contributed by atoms with Gasteiger partial charge < -0.3 is 10.5 Å². The number of nitrogens with zero attached hydrogens (tertiary/aromatic N) is 1. The summed E-state index contributed by atoms with van der Waals surface area (Å²) in [7, 11) is 0. The molecular weight excluding hydrogens is 244 g/mol. The lowest BCUT2D eigenvalue weighted by molar-refractivity contribution is -0.138. The van der Waals surface area contributed by atoms with E-state index in [9.17, 15) is 9.59 Å². The Morgan fingerprint density at radius 1 is 1.32 bits per heavy atom. The van der Waals surface area contributed by atoms with Gasteiger partial charge in [0.2, 0.25) is 0 Å². The normalized spacial score (nSPS) is 15.2. The Hall–Kier alpha value is -2.16. The summed E-state index contributed by atoms with van der Waals surface area (Å²) in [5, 5.41) is 0. The third-order valence-electron chi connectivity index (χ3n) is 2.74. The van der Waals surface area contributed by atoms with E-state index in [0.717, 1.165) is 16.0 Å². The van der Waals surface area contributed by atoms with E-state index in [2.05, 4.69) is 11.8 Å². The minimum atomic E-state index is -0.351. The van der Waals surface area contributed by atoms with E-state index in [1.807, 2.05) is 6.92 Å². The van der Waals surface area contributed by atoms with Crippen molar-refractivity contribution in [2.45, 2.75) is 6.92 Å². The maximum absolute atomic E-state index is 11.7. The van der Waals surface area contributed by atoms with Gasteiger partial charge in [0.05, 0.1) is 12.2 Å². The number of nitrogens with two attached hydrogens (primary N) is 1. The fraction of sp³-hybridized carbons (Fsp3) is 0.286. The number of morpholine rings is 1. The number of carbonyl (C=O) groups excluding carboxylic acids is 2. The molecule has 1 aliphatic heterocycles. The van der Waals surface area contributed by atoms with Crippen molar-refractivity contribution in [3.05, 3.63) is 29.3 Å². The van der Waals surface area contributed by atoms with Crippen LogP contribution in [0.25, 0.3) is 0 Å². The van der Waals surface area contributed by atoms with Crippen molar-refractivity contribution in [2.24, 2.45) is 5.73 Å². The van der Waals surface area contributed by atoms with E-state index in [1.165, 1.54) is 0 Å². The fourth-order valence-electron chi connectivity index (χ4n) is 1.86. The molecule has 2 rings (SSSR count). The summed E-state index contributed by atoms with van der Waals surface area (Å²) in [5.41, 5.74) is 7.60. The quantitative estimate of drug-likeness (QED) is 0.576. The van der Waals surface area contributed by atoms with Crippen molar-refractivity contribution in [1.29, 1.82) is 0 Å². The molecular formula is C14H14N2O3.